The van der Waals surface area contributed by atoms with Gasteiger partial charge in [0, 0.05) is 34.9 Å². The first kappa shape index (κ1) is 19.3. The fraction of sp³-hybridized carbons (Fsp3) is 0.174. The van der Waals surface area contributed by atoms with Crippen molar-refractivity contribution in [1.29, 1.82) is 0 Å². The van der Waals surface area contributed by atoms with E-state index >= 15 is 0 Å². The van der Waals surface area contributed by atoms with Gasteiger partial charge in [0.15, 0.2) is 0 Å². The van der Waals surface area contributed by atoms with Crippen LogP contribution in [0.2, 0.25) is 0 Å². The lowest BCUT2D eigenvalue weighted by atomic mass is 9.87. The lowest BCUT2D eigenvalue weighted by Gasteiger charge is -2.19. The first-order valence-electron chi connectivity index (χ1n) is 9.06. The summed E-state index contributed by atoms with van der Waals surface area (Å²) in [5.74, 6) is -0.429. The average molecular weight is 373 g/mol. The molecule has 0 radical (unpaired) electrons. The zero-order valence-electron chi connectivity index (χ0n) is 16.2. The van der Waals surface area contributed by atoms with Crippen molar-refractivity contribution >= 4 is 23.2 Å². The second kappa shape index (κ2) is 8.05. The average Bonchev–Trinajstić information content (AvgIpc) is 2.68. The van der Waals surface area contributed by atoms with Crippen molar-refractivity contribution in [2.75, 3.05) is 10.6 Å². The molecule has 0 bridgehead atoms. The van der Waals surface area contributed by atoms with Crippen molar-refractivity contribution in [2.45, 2.75) is 26.2 Å². The van der Waals surface area contributed by atoms with Gasteiger partial charge in [0.1, 0.15) is 0 Å². The van der Waals surface area contributed by atoms with Crippen LogP contribution in [-0.2, 0) is 5.41 Å². The number of carbonyl (C=O) groups is 2. The van der Waals surface area contributed by atoms with Crippen molar-refractivity contribution in [1.82, 2.24) is 4.98 Å². The summed E-state index contributed by atoms with van der Waals surface area (Å²) in [6, 6.07) is 17.9. The van der Waals surface area contributed by atoms with Gasteiger partial charge in [0.05, 0.1) is 0 Å². The molecule has 0 aliphatic heterocycles. The maximum Gasteiger partial charge on any atom is 0.255 e. The first-order chi connectivity index (χ1) is 13.3. The van der Waals surface area contributed by atoms with Crippen molar-refractivity contribution in [3.8, 4) is 0 Å². The Morgan fingerprint density at radius 3 is 1.75 bits per heavy atom. The van der Waals surface area contributed by atoms with Crippen LogP contribution in [0.3, 0.4) is 0 Å². The normalized spacial score (nSPS) is 11.0. The summed E-state index contributed by atoms with van der Waals surface area (Å²) in [6.45, 7) is 6.40. The Morgan fingerprint density at radius 2 is 1.25 bits per heavy atom. The van der Waals surface area contributed by atoms with E-state index in [2.05, 4.69) is 36.4 Å². The molecule has 3 rings (SSSR count). The van der Waals surface area contributed by atoms with E-state index in [1.165, 1.54) is 5.56 Å². The molecule has 0 fully saturated rings. The zero-order valence-corrected chi connectivity index (χ0v) is 16.2. The van der Waals surface area contributed by atoms with Crippen LogP contribution < -0.4 is 10.6 Å². The summed E-state index contributed by atoms with van der Waals surface area (Å²) in [5, 5.41) is 5.69. The largest absolute Gasteiger partial charge is 0.322 e. The molecule has 5 nitrogen and oxygen atoms in total. The Morgan fingerprint density at radius 1 is 0.750 bits per heavy atom. The minimum absolute atomic E-state index is 0.0381. The summed E-state index contributed by atoms with van der Waals surface area (Å²) < 4.78 is 0. The number of pyridine rings is 1. The predicted molar refractivity (Wildman–Crippen MR) is 112 cm³/mol. The number of nitrogens with one attached hydrogen (secondary N) is 2. The minimum Gasteiger partial charge on any atom is -0.322 e. The lowest BCUT2D eigenvalue weighted by molar-refractivity contribution is 0.101. The van der Waals surface area contributed by atoms with Crippen molar-refractivity contribution < 1.29 is 9.59 Å². The SMILES string of the molecule is CC(C)(C)c1ccc(C(=O)Nc2cccc(NC(=O)c3ccncc3)c2)cc1. The molecule has 0 unspecified atom stereocenters. The number of rotatable bonds is 4. The highest BCUT2D eigenvalue weighted by Crippen LogP contribution is 2.23. The van der Waals surface area contributed by atoms with Crippen molar-refractivity contribution in [3.05, 3.63) is 89.7 Å². The van der Waals surface area contributed by atoms with Gasteiger partial charge in [-0.15, -0.1) is 0 Å². The molecule has 3 aromatic rings. The monoisotopic (exact) mass is 373 g/mol. The quantitative estimate of drug-likeness (QED) is 0.684. The molecule has 5 heteroatoms. The first-order valence-corrected chi connectivity index (χ1v) is 9.06. The van der Waals surface area contributed by atoms with E-state index in [1.807, 2.05) is 24.3 Å². The number of carbonyl (C=O) groups excluding carboxylic acids is 2. The summed E-state index contributed by atoms with van der Waals surface area (Å²) >= 11 is 0. The van der Waals surface area contributed by atoms with Gasteiger partial charge in [-0.2, -0.15) is 0 Å². The smallest absolute Gasteiger partial charge is 0.255 e. The van der Waals surface area contributed by atoms with Gasteiger partial charge in [0.25, 0.3) is 11.8 Å². The second-order valence-corrected chi connectivity index (χ2v) is 7.55. The molecule has 0 aliphatic carbocycles. The number of benzene rings is 2. The lowest BCUT2D eigenvalue weighted by Crippen LogP contribution is -2.15. The van der Waals surface area contributed by atoms with E-state index < -0.39 is 0 Å². The second-order valence-electron chi connectivity index (χ2n) is 7.55. The third-order valence-electron chi connectivity index (χ3n) is 4.33. The van der Waals surface area contributed by atoms with Crippen LogP contribution in [0.15, 0.2) is 73.1 Å². The van der Waals surface area contributed by atoms with Gasteiger partial charge in [0.2, 0.25) is 0 Å². The van der Waals surface area contributed by atoms with Crippen LogP contribution in [0.25, 0.3) is 0 Å². The number of nitrogens with zero attached hydrogens (tertiary/aromatic N) is 1. The molecule has 142 valence electrons. The maximum atomic E-state index is 12.5. The van der Waals surface area contributed by atoms with E-state index in [9.17, 15) is 9.59 Å². The highest BCUT2D eigenvalue weighted by molar-refractivity contribution is 6.06. The molecule has 1 aromatic heterocycles. The number of hydrogen-bond donors (Lipinski definition) is 2. The number of aromatic nitrogens is 1. The van der Waals surface area contributed by atoms with E-state index in [-0.39, 0.29) is 17.2 Å². The third-order valence-corrected chi connectivity index (χ3v) is 4.33. The molecule has 0 saturated carbocycles. The van der Waals surface area contributed by atoms with Crippen LogP contribution >= 0.6 is 0 Å². The Bertz CT molecular complexity index is 975. The van der Waals surface area contributed by atoms with Gasteiger partial charge in [-0.3, -0.25) is 14.6 Å². The molecule has 2 amide bonds. The highest BCUT2D eigenvalue weighted by Gasteiger charge is 2.14. The fourth-order valence-electron chi connectivity index (χ4n) is 2.71. The van der Waals surface area contributed by atoms with Gasteiger partial charge < -0.3 is 10.6 Å². The highest BCUT2D eigenvalue weighted by atomic mass is 16.2. The molecule has 0 spiro atoms. The molecule has 0 aliphatic rings. The molecular formula is C23H23N3O2. The number of anilines is 2. The molecule has 1 heterocycles. The molecule has 28 heavy (non-hydrogen) atoms. The van der Waals surface area contributed by atoms with Crippen LogP contribution in [0, 0.1) is 0 Å². The summed E-state index contributed by atoms with van der Waals surface area (Å²) in [4.78, 5) is 28.7. The molecule has 0 saturated heterocycles. The summed E-state index contributed by atoms with van der Waals surface area (Å²) in [6.07, 6.45) is 3.13. The predicted octanol–water partition coefficient (Wildman–Crippen LogP) is 4.88. The Kier molecular flexibility index (Phi) is 5.54. The number of amides is 2. The van der Waals surface area contributed by atoms with E-state index in [0.29, 0.717) is 22.5 Å². The van der Waals surface area contributed by atoms with Crippen molar-refractivity contribution in [3.63, 3.8) is 0 Å². The van der Waals surface area contributed by atoms with Gasteiger partial charge in [-0.1, -0.05) is 39.0 Å². The topological polar surface area (TPSA) is 71.1 Å². The minimum atomic E-state index is -0.233. The standard InChI is InChI=1S/C23H23N3O2/c1-23(2,3)18-9-7-16(8-10-18)21(27)25-19-5-4-6-20(15-19)26-22(28)17-11-13-24-14-12-17/h4-15H,1-3H3,(H,25,27)(H,26,28). The fourth-order valence-corrected chi connectivity index (χ4v) is 2.71. The molecular weight excluding hydrogens is 350 g/mol. The van der Waals surface area contributed by atoms with Crippen LogP contribution in [-0.4, -0.2) is 16.8 Å². The molecule has 2 N–H and O–H groups in total. The molecule has 0 atom stereocenters. The van der Waals surface area contributed by atoms with Gasteiger partial charge in [-0.25, -0.2) is 0 Å². The number of hydrogen-bond acceptors (Lipinski definition) is 3. The Balaban J connectivity index is 1.69. The van der Waals surface area contributed by atoms with Crippen molar-refractivity contribution in [2.24, 2.45) is 0 Å². The summed E-state index contributed by atoms with van der Waals surface area (Å²) in [5.41, 5.74) is 3.52. The zero-order chi connectivity index (χ0) is 20.1. The van der Waals surface area contributed by atoms with Crippen LogP contribution in [0.5, 0.6) is 0 Å². The van der Waals surface area contributed by atoms with E-state index in [0.717, 1.165) is 0 Å². The molecule has 2 aromatic carbocycles. The maximum absolute atomic E-state index is 12.5. The Hall–Kier alpha value is -3.47. The van der Waals surface area contributed by atoms with Gasteiger partial charge >= 0.3 is 0 Å². The third kappa shape index (κ3) is 4.82. The van der Waals surface area contributed by atoms with Crippen LogP contribution in [0.4, 0.5) is 11.4 Å². The van der Waals surface area contributed by atoms with Gasteiger partial charge in [-0.05, 0) is 53.4 Å². The summed E-state index contributed by atoms with van der Waals surface area (Å²) in [7, 11) is 0. The van der Waals surface area contributed by atoms with E-state index in [1.54, 1.807) is 48.8 Å². The van der Waals surface area contributed by atoms with E-state index in [4.69, 9.17) is 0 Å². The Labute approximate surface area is 164 Å². The van der Waals surface area contributed by atoms with Crippen LogP contribution in [0.1, 0.15) is 47.1 Å².